The summed E-state index contributed by atoms with van der Waals surface area (Å²) in [4.78, 5) is 14.3. The van der Waals surface area contributed by atoms with Crippen LogP contribution in [0.2, 0.25) is 0 Å². The highest BCUT2D eigenvalue weighted by Crippen LogP contribution is 2.34. The molecule has 10 heteroatoms. The second kappa shape index (κ2) is 15.1. The van der Waals surface area contributed by atoms with Crippen LogP contribution >= 0.6 is 0 Å². The molecular formula is C33H38F2N2O6. The highest BCUT2D eigenvalue weighted by Gasteiger charge is 2.28. The number of hydrogen-bond acceptors (Lipinski definition) is 7. The quantitative estimate of drug-likeness (QED) is 0.255. The van der Waals surface area contributed by atoms with Gasteiger partial charge in [-0.25, -0.2) is 8.78 Å². The Kier molecular flexibility index (Phi) is 10.8. The van der Waals surface area contributed by atoms with Crippen molar-refractivity contribution in [3.63, 3.8) is 0 Å². The molecule has 3 aromatic carbocycles. The Morgan fingerprint density at radius 2 is 1.70 bits per heavy atom. The van der Waals surface area contributed by atoms with Gasteiger partial charge in [-0.05, 0) is 54.8 Å². The summed E-state index contributed by atoms with van der Waals surface area (Å²) in [6, 6.07) is 17.1. The molecule has 2 atom stereocenters. The summed E-state index contributed by atoms with van der Waals surface area (Å²) in [5.74, 6) is 0.446. The predicted octanol–water partition coefficient (Wildman–Crippen LogP) is 5.24. The van der Waals surface area contributed by atoms with Crippen LogP contribution in [-0.4, -0.2) is 65.2 Å². The molecule has 0 saturated carbocycles. The number of piperidine rings is 1. The van der Waals surface area contributed by atoms with Crippen LogP contribution in [0.15, 0.2) is 60.7 Å². The number of nitrogens with zero attached hydrogens (tertiary/aromatic N) is 1. The van der Waals surface area contributed by atoms with Crippen molar-refractivity contribution in [2.24, 2.45) is 0 Å². The molecule has 2 aliphatic heterocycles. The number of amides is 1. The molecule has 3 aromatic rings. The summed E-state index contributed by atoms with van der Waals surface area (Å²) in [6.45, 7) is 3.98. The first-order valence-corrected chi connectivity index (χ1v) is 14.7. The number of nitrogens with one attached hydrogen (secondary N) is 1. The molecule has 230 valence electrons. The van der Waals surface area contributed by atoms with Crippen LogP contribution in [0.25, 0.3) is 0 Å². The van der Waals surface area contributed by atoms with E-state index in [0.29, 0.717) is 38.5 Å². The Labute approximate surface area is 250 Å². The fourth-order valence-corrected chi connectivity index (χ4v) is 5.40. The lowest BCUT2D eigenvalue weighted by Crippen LogP contribution is -2.41. The lowest BCUT2D eigenvalue weighted by Gasteiger charge is -2.33. The second-order valence-electron chi connectivity index (χ2n) is 10.7. The lowest BCUT2D eigenvalue weighted by atomic mass is 9.87. The summed E-state index contributed by atoms with van der Waals surface area (Å²) in [6.07, 6.45) is 2.24. The molecule has 0 spiro atoms. The maximum absolute atomic E-state index is 13.3. The van der Waals surface area contributed by atoms with Crippen LogP contribution in [0.3, 0.4) is 0 Å². The van der Waals surface area contributed by atoms with Gasteiger partial charge in [-0.1, -0.05) is 18.2 Å². The van der Waals surface area contributed by atoms with Gasteiger partial charge >= 0.3 is 0 Å². The first-order valence-electron chi connectivity index (χ1n) is 14.7. The van der Waals surface area contributed by atoms with E-state index in [1.807, 2.05) is 30.3 Å². The smallest absolute Gasteiger partial charge is 0.265 e. The van der Waals surface area contributed by atoms with Gasteiger partial charge in [-0.2, -0.15) is 0 Å². The van der Waals surface area contributed by atoms with Crippen LogP contribution in [0.1, 0.15) is 36.3 Å². The fraction of sp³-hybridized carbons (Fsp3) is 0.424. The summed E-state index contributed by atoms with van der Waals surface area (Å²) in [5.41, 5.74) is 2.94. The van der Waals surface area contributed by atoms with Crippen LogP contribution < -0.4 is 24.4 Å². The summed E-state index contributed by atoms with van der Waals surface area (Å²) in [5, 5.41) is 3.44. The molecule has 1 fully saturated rings. The van der Waals surface area contributed by atoms with Crippen molar-refractivity contribution in [2.75, 3.05) is 58.1 Å². The van der Waals surface area contributed by atoms with E-state index in [1.54, 1.807) is 12.0 Å². The van der Waals surface area contributed by atoms with E-state index < -0.39 is 11.6 Å². The predicted molar refractivity (Wildman–Crippen MR) is 158 cm³/mol. The molecule has 8 nitrogen and oxygen atoms in total. The Balaban J connectivity index is 1.12. The van der Waals surface area contributed by atoms with Crippen LogP contribution in [0, 0.1) is 11.6 Å². The first kappa shape index (κ1) is 30.7. The Morgan fingerprint density at radius 1 is 0.930 bits per heavy atom. The molecule has 0 bridgehead atoms. The zero-order chi connectivity index (χ0) is 30.0. The van der Waals surface area contributed by atoms with Gasteiger partial charge in [0.15, 0.2) is 6.61 Å². The standard InChI is InChI=1S/C33H38F2N2O6/c1-39-13-2-12-37-30-16-23(4-9-31(30)43-22-33(37)38)21-42-32-20-36-11-10-29(32)24-5-7-27(8-6-24)40-14-3-15-41-28-18-25(34)17-26(35)19-28/h4-9,16-19,29,32,36H,2-3,10-15,20-22H2,1H3. The highest BCUT2D eigenvalue weighted by molar-refractivity contribution is 5.97. The van der Waals surface area contributed by atoms with E-state index >= 15 is 0 Å². The maximum atomic E-state index is 13.3. The van der Waals surface area contributed by atoms with Gasteiger partial charge in [-0.15, -0.1) is 0 Å². The van der Waals surface area contributed by atoms with E-state index in [4.69, 9.17) is 23.7 Å². The number of carbonyl (C=O) groups is 1. The SMILES string of the molecule is COCCCN1C(=O)COc2ccc(COC3CNCCC3c3ccc(OCCCOc4cc(F)cc(F)c4)cc3)cc21. The minimum Gasteiger partial charge on any atom is -0.493 e. The minimum atomic E-state index is -0.667. The molecular weight excluding hydrogens is 558 g/mol. The van der Waals surface area contributed by atoms with Crippen molar-refractivity contribution in [3.8, 4) is 17.2 Å². The summed E-state index contributed by atoms with van der Waals surface area (Å²) < 4.78 is 55.1. The normalized spacial score (nSPS) is 18.2. The van der Waals surface area contributed by atoms with Crippen molar-refractivity contribution in [1.82, 2.24) is 5.32 Å². The molecule has 0 aliphatic carbocycles. The Hall–Kier alpha value is -3.73. The van der Waals surface area contributed by atoms with E-state index in [9.17, 15) is 13.6 Å². The summed E-state index contributed by atoms with van der Waals surface area (Å²) >= 11 is 0. The number of fused-ring (bicyclic) bond motifs is 1. The first-order chi connectivity index (χ1) is 21.0. The van der Waals surface area contributed by atoms with Crippen molar-refractivity contribution >= 4 is 11.6 Å². The van der Waals surface area contributed by atoms with Gasteiger partial charge in [0.05, 0.1) is 31.6 Å². The number of anilines is 1. The molecule has 2 aliphatic rings. The fourth-order valence-electron chi connectivity index (χ4n) is 5.40. The monoisotopic (exact) mass is 596 g/mol. The van der Waals surface area contributed by atoms with Crippen molar-refractivity contribution in [1.29, 1.82) is 0 Å². The number of hydrogen-bond donors (Lipinski definition) is 1. The van der Waals surface area contributed by atoms with Crippen LogP contribution in [0.5, 0.6) is 17.2 Å². The second-order valence-corrected chi connectivity index (χ2v) is 10.7. The Bertz CT molecular complexity index is 1340. The van der Waals surface area contributed by atoms with Crippen molar-refractivity contribution < 1.29 is 37.3 Å². The van der Waals surface area contributed by atoms with Crippen LogP contribution in [-0.2, 0) is 20.9 Å². The molecule has 2 heterocycles. The minimum absolute atomic E-state index is 0.0166. The van der Waals surface area contributed by atoms with Gasteiger partial charge in [0.25, 0.3) is 5.91 Å². The number of rotatable bonds is 14. The molecule has 1 N–H and O–H groups in total. The van der Waals surface area contributed by atoms with Gasteiger partial charge in [0.2, 0.25) is 0 Å². The van der Waals surface area contributed by atoms with E-state index in [2.05, 4.69) is 17.4 Å². The number of ether oxygens (including phenoxy) is 5. The van der Waals surface area contributed by atoms with E-state index in [-0.39, 0.29) is 36.9 Å². The third kappa shape index (κ3) is 8.43. The number of carbonyl (C=O) groups excluding carboxylic acids is 1. The third-order valence-electron chi connectivity index (χ3n) is 7.56. The third-order valence-corrected chi connectivity index (χ3v) is 7.56. The molecule has 43 heavy (non-hydrogen) atoms. The molecule has 1 amide bonds. The molecule has 0 aromatic heterocycles. The van der Waals surface area contributed by atoms with Gasteiger partial charge in [0, 0.05) is 57.3 Å². The van der Waals surface area contributed by atoms with Crippen LogP contribution in [0.4, 0.5) is 14.5 Å². The lowest BCUT2D eigenvalue weighted by molar-refractivity contribution is -0.121. The largest absolute Gasteiger partial charge is 0.493 e. The molecule has 2 unspecified atom stereocenters. The maximum Gasteiger partial charge on any atom is 0.265 e. The van der Waals surface area contributed by atoms with Gasteiger partial charge in [-0.3, -0.25) is 4.79 Å². The average Bonchev–Trinajstić information content (AvgIpc) is 3.01. The average molecular weight is 597 g/mol. The number of halogens is 2. The van der Waals surface area contributed by atoms with Gasteiger partial charge < -0.3 is 33.9 Å². The highest BCUT2D eigenvalue weighted by atomic mass is 19.1. The van der Waals surface area contributed by atoms with Crippen molar-refractivity contribution in [2.45, 2.75) is 37.9 Å². The Morgan fingerprint density at radius 3 is 2.47 bits per heavy atom. The molecule has 1 saturated heterocycles. The number of methoxy groups -OCH3 is 1. The van der Waals surface area contributed by atoms with E-state index in [1.165, 1.54) is 5.56 Å². The van der Waals surface area contributed by atoms with Crippen molar-refractivity contribution in [3.05, 3.63) is 83.4 Å². The zero-order valence-electron chi connectivity index (χ0n) is 24.4. The van der Waals surface area contributed by atoms with E-state index in [0.717, 1.165) is 61.1 Å². The summed E-state index contributed by atoms with van der Waals surface area (Å²) in [7, 11) is 1.66. The molecule has 5 rings (SSSR count). The topological polar surface area (TPSA) is 78.5 Å². The van der Waals surface area contributed by atoms with Gasteiger partial charge in [0.1, 0.15) is 28.9 Å². The number of benzene rings is 3. The zero-order valence-corrected chi connectivity index (χ0v) is 24.4. The molecule has 0 radical (unpaired) electrons.